The van der Waals surface area contributed by atoms with Crippen molar-refractivity contribution in [1.82, 2.24) is 15.1 Å². The molecule has 0 unspecified atom stereocenters. The van der Waals surface area contributed by atoms with Gasteiger partial charge >= 0.3 is 12.3 Å². The molecular weight excluding hydrogens is 469 g/mol. The second kappa shape index (κ2) is 13.1. The van der Waals surface area contributed by atoms with Crippen LogP contribution in [0.2, 0.25) is 0 Å². The van der Waals surface area contributed by atoms with Gasteiger partial charge in [-0.25, -0.2) is 4.79 Å². The van der Waals surface area contributed by atoms with Crippen LogP contribution in [-0.4, -0.2) is 83.4 Å². The Labute approximate surface area is 192 Å². The van der Waals surface area contributed by atoms with Crippen LogP contribution < -0.4 is 16.2 Å². The van der Waals surface area contributed by atoms with Crippen LogP contribution in [0.25, 0.3) is 0 Å². The fourth-order valence-electron chi connectivity index (χ4n) is 2.05. The Hall–Kier alpha value is -3.75. The molecule has 0 saturated carbocycles. The van der Waals surface area contributed by atoms with Crippen LogP contribution in [0.3, 0.4) is 0 Å². The number of carboxylic acid groups (broad SMARTS) is 1. The van der Waals surface area contributed by atoms with Crippen LogP contribution in [0.4, 0.5) is 18.0 Å². The molecule has 0 aliphatic carbocycles. The van der Waals surface area contributed by atoms with Crippen LogP contribution in [0.1, 0.15) is 20.8 Å². The SMILES string of the molecule is CC(C)(C)OC(=O)NCCN1C(=O)C=CC1=O.O=C([O-])C(F)(F)F.[NH3+]CCN1C(=O)C=CC1=O. The predicted molar refractivity (Wildman–Crippen MR) is 105 cm³/mol. The summed E-state index contributed by atoms with van der Waals surface area (Å²) in [6, 6.07) is 0. The van der Waals surface area contributed by atoms with Gasteiger partial charge in [0.05, 0.1) is 13.1 Å². The number of quaternary nitrogens is 1. The number of carbonyl (C=O) groups excluding carboxylic acids is 6. The summed E-state index contributed by atoms with van der Waals surface area (Å²) in [6.07, 6.45) is -0.800. The fourth-order valence-corrected chi connectivity index (χ4v) is 2.05. The highest BCUT2D eigenvalue weighted by molar-refractivity contribution is 6.13. The van der Waals surface area contributed by atoms with E-state index in [2.05, 4.69) is 11.1 Å². The average molecular weight is 494 g/mol. The fraction of sp³-hybridized carbons (Fsp3) is 0.474. The van der Waals surface area contributed by atoms with Crippen molar-refractivity contribution in [2.45, 2.75) is 32.5 Å². The molecule has 0 spiro atoms. The lowest BCUT2D eigenvalue weighted by Crippen LogP contribution is -2.55. The van der Waals surface area contributed by atoms with E-state index in [1.165, 1.54) is 29.2 Å². The number of rotatable bonds is 5. The molecule has 0 aromatic rings. The highest BCUT2D eigenvalue weighted by Crippen LogP contribution is 2.11. The molecule has 5 amide bonds. The van der Waals surface area contributed by atoms with Crippen molar-refractivity contribution in [2.24, 2.45) is 0 Å². The molecule has 12 nitrogen and oxygen atoms in total. The molecule has 0 aromatic heterocycles. The highest BCUT2D eigenvalue weighted by atomic mass is 19.4. The molecule has 2 aliphatic rings. The van der Waals surface area contributed by atoms with E-state index in [4.69, 9.17) is 14.6 Å². The lowest BCUT2D eigenvalue weighted by Gasteiger charge is -2.20. The number of ether oxygens (including phenoxy) is 1. The number of amides is 5. The Morgan fingerprint density at radius 1 is 0.912 bits per heavy atom. The van der Waals surface area contributed by atoms with E-state index in [9.17, 15) is 37.1 Å². The van der Waals surface area contributed by atoms with Crippen molar-refractivity contribution in [1.29, 1.82) is 0 Å². The van der Waals surface area contributed by atoms with E-state index >= 15 is 0 Å². The summed E-state index contributed by atoms with van der Waals surface area (Å²) in [5, 5.41) is 11.3. The summed E-state index contributed by atoms with van der Waals surface area (Å²) in [7, 11) is 0. The molecular formula is C19H25F3N4O8. The molecule has 190 valence electrons. The lowest BCUT2D eigenvalue weighted by molar-refractivity contribution is -0.367. The van der Waals surface area contributed by atoms with Crippen LogP contribution in [0.5, 0.6) is 0 Å². The third-order valence-electron chi connectivity index (χ3n) is 3.42. The highest BCUT2D eigenvalue weighted by Gasteiger charge is 2.29. The minimum atomic E-state index is -5.19. The first kappa shape index (κ1) is 30.2. The monoisotopic (exact) mass is 494 g/mol. The Morgan fingerprint density at radius 3 is 1.56 bits per heavy atom. The van der Waals surface area contributed by atoms with Crippen molar-refractivity contribution in [3.63, 3.8) is 0 Å². The van der Waals surface area contributed by atoms with Gasteiger partial charge in [0.25, 0.3) is 23.6 Å². The standard InChI is InChI=1S/C11H16N2O4.C6H8N2O2.C2HF3O2/c1-11(2,3)17-10(16)12-6-7-13-8(14)4-5-9(13)15;7-3-4-8-5(9)1-2-6(8)10;3-2(4,5)1(6)7/h4-5H,6-7H2,1-3H3,(H,12,16);1-2H,3-4,7H2;(H,6,7). The van der Waals surface area contributed by atoms with Crippen molar-refractivity contribution in [2.75, 3.05) is 26.2 Å². The van der Waals surface area contributed by atoms with Gasteiger partial charge in [-0.05, 0) is 20.8 Å². The Morgan fingerprint density at radius 2 is 1.26 bits per heavy atom. The maximum Gasteiger partial charge on any atom is 0.430 e. The number of nitrogens with one attached hydrogen (secondary N) is 1. The molecule has 0 fully saturated rings. The minimum absolute atomic E-state index is 0.143. The van der Waals surface area contributed by atoms with E-state index in [1.807, 2.05) is 0 Å². The summed E-state index contributed by atoms with van der Waals surface area (Å²) in [5.74, 6) is -4.18. The van der Waals surface area contributed by atoms with Gasteiger partial charge < -0.3 is 25.7 Å². The van der Waals surface area contributed by atoms with Gasteiger partial charge in [-0.2, -0.15) is 13.2 Å². The van der Waals surface area contributed by atoms with Crippen molar-refractivity contribution < 1.29 is 57.5 Å². The van der Waals surface area contributed by atoms with E-state index in [0.717, 1.165) is 4.90 Å². The summed E-state index contributed by atoms with van der Waals surface area (Å²) >= 11 is 0. The predicted octanol–water partition coefficient (Wildman–Crippen LogP) is -2.11. The normalized spacial score (nSPS) is 15.0. The second-order valence-corrected chi connectivity index (χ2v) is 7.39. The van der Waals surface area contributed by atoms with Crippen molar-refractivity contribution in [3.05, 3.63) is 24.3 Å². The number of halogens is 3. The summed E-state index contributed by atoms with van der Waals surface area (Å²) in [4.78, 5) is 66.1. The number of carbonyl (C=O) groups is 6. The molecule has 0 atom stereocenters. The first-order valence-electron chi connectivity index (χ1n) is 9.61. The van der Waals surface area contributed by atoms with Gasteiger partial charge in [0.1, 0.15) is 11.6 Å². The topological polar surface area (TPSA) is 181 Å². The van der Waals surface area contributed by atoms with Gasteiger partial charge in [-0.1, -0.05) is 0 Å². The van der Waals surface area contributed by atoms with Gasteiger partial charge in [0.2, 0.25) is 0 Å². The molecule has 4 N–H and O–H groups in total. The molecule has 2 aliphatic heterocycles. The van der Waals surface area contributed by atoms with E-state index < -0.39 is 23.8 Å². The minimum Gasteiger partial charge on any atom is -0.542 e. The molecule has 0 saturated heterocycles. The van der Waals surface area contributed by atoms with Crippen molar-refractivity contribution >= 4 is 35.7 Å². The zero-order valence-corrected chi connectivity index (χ0v) is 18.6. The Bertz CT molecular complexity index is 827. The van der Waals surface area contributed by atoms with Gasteiger partial charge in [0.15, 0.2) is 0 Å². The van der Waals surface area contributed by atoms with Crippen LogP contribution in [0.15, 0.2) is 24.3 Å². The number of aliphatic carboxylic acids is 1. The van der Waals surface area contributed by atoms with Crippen LogP contribution in [0, 0.1) is 0 Å². The summed E-state index contributed by atoms with van der Waals surface area (Å²) < 4.78 is 36.6. The van der Waals surface area contributed by atoms with Gasteiger partial charge in [0, 0.05) is 37.4 Å². The molecule has 2 heterocycles. The third kappa shape index (κ3) is 11.8. The quantitative estimate of drug-likeness (QED) is 0.407. The number of carboxylic acids is 1. The Kier molecular flexibility index (Phi) is 11.6. The third-order valence-corrected chi connectivity index (χ3v) is 3.42. The number of alkyl carbamates (subject to hydrolysis) is 1. The Balaban J connectivity index is 0.000000541. The maximum atomic E-state index is 11.3. The summed E-state index contributed by atoms with van der Waals surface area (Å²) in [6.45, 7) is 6.57. The summed E-state index contributed by atoms with van der Waals surface area (Å²) in [5.41, 5.74) is 2.98. The van der Waals surface area contributed by atoms with E-state index in [1.54, 1.807) is 20.8 Å². The van der Waals surface area contributed by atoms with E-state index in [-0.39, 0.29) is 36.7 Å². The zero-order chi connectivity index (χ0) is 26.7. The van der Waals surface area contributed by atoms with Gasteiger partial charge in [-0.3, -0.25) is 29.0 Å². The van der Waals surface area contributed by atoms with Crippen molar-refractivity contribution in [3.8, 4) is 0 Å². The largest absolute Gasteiger partial charge is 0.542 e. The number of imide groups is 2. The number of hydrogen-bond acceptors (Lipinski definition) is 8. The molecule has 0 aromatic carbocycles. The zero-order valence-electron chi connectivity index (χ0n) is 18.6. The molecule has 15 heteroatoms. The van der Waals surface area contributed by atoms with E-state index in [0.29, 0.717) is 13.1 Å². The molecule has 34 heavy (non-hydrogen) atoms. The first-order chi connectivity index (χ1) is 15.5. The number of alkyl halides is 3. The second-order valence-electron chi connectivity index (χ2n) is 7.39. The van der Waals surface area contributed by atoms with Crippen LogP contribution in [-0.2, 0) is 28.7 Å². The van der Waals surface area contributed by atoms with Crippen LogP contribution >= 0.6 is 0 Å². The molecule has 2 rings (SSSR count). The smallest absolute Gasteiger partial charge is 0.430 e. The maximum absolute atomic E-state index is 11.3. The lowest BCUT2D eigenvalue weighted by atomic mass is 10.2. The average Bonchev–Trinajstić information content (AvgIpc) is 3.17. The first-order valence-corrected chi connectivity index (χ1v) is 9.61. The number of nitrogens with zero attached hydrogens (tertiary/aromatic N) is 2. The molecule has 0 radical (unpaired) electrons. The molecule has 0 bridgehead atoms. The number of hydrogen-bond donors (Lipinski definition) is 2. The van der Waals surface area contributed by atoms with Gasteiger partial charge in [-0.15, -0.1) is 0 Å².